The molecule has 0 heterocycles. The highest BCUT2D eigenvalue weighted by Crippen LogP contribution is 2.35. The maximum Gasteiger partial charge on any atom is 0.216 e. The number of nitrogens with two attached hydrogens (primary N) is 1. The fourth-order valence-corrected chi connectivity index (χ4v) is 4.14. The van der Waals surface area contributed by atoms with E-state index in [2.05, 4.69) is 11.6 Å². The molecule has 3 N–H and O–H groups in total. The van der Waals surface area contributed by atoms with Crippen molar-refractivity contribution in [2.24, 2.45) is 11.7 Å². The van der Waals surface area contributed by atoms with E-state index in [0.29, 0.717) is 17.0 Å². The van der Waals surface area contributed by atoms with Gasteiger partial charge in [-0.3, -0.25) is 0 Å². The lowest BCUT2D eigenvalue weighted by Gasteiger charge is -2.10. The molecule has 2 rings (SSSR count). The molecule has 20 heavy (non-hydrogen) atoms. The number of rotatable bonds is 7. The summed E-state index contributed by atoms with van der Waals surface area (Å²) in [5.41, 5.74) is 6.91. The Bertz CT molecular complexity index is 599. The lowest BCUT2D eigenvalue weighted by atomic mass is 10.1. The van der Waals surface area contributed by atoms with Crippen LogP contribution < -0.4 is 10.5 Å². The lowest BCUT2D eigenvalue weighted by Crippen LogP contribution is -2.29. The Kier molecular flexibility index (Phi) is 4.78. The zero-order chi connectivity index (χ0) is 14.8. The second kappa shape index (κ2) is 6.20. The summed E-state index contributed by atoms with van der Waals surface area (Å²) in [7, 11) is -3.34. The van der Waals surface area contributed by atoms with Gasteiger partial charge in [0.2, 0.25) is 10.0 Å². The van der Waals surface area contributed by atoms with Crippen LogP contribution in [0.4, 0.5) is 0 Å². The average molecular weight is 312 g/mol. The number of hydrogen-bond donors (Lipinski definition) is 2. The molecule has 1 aliphatic carbocycles. The van der Waals surface area contributed by atoms with Crippen LogP contribution in [0.25, 0.3) is 0 Å². The third-order valence-corrected chi connectivity index (χ3v) is 5.11. The Morgan fingerprint density at radius 1 is 1.45 bits per heavy atom. The van der Waals surface area contributed by atoms with Gasteiger partial charge in [-0.05, 0) is 24.3 Å². The van der Waals surface area contributed by atoms with Gasteiger partial charge in [0.05, 0.1) is 5.75 Å². The molecule has 0 aliphatic heterocycles. The smallest absolute Gasteiger partial charge is 0.216 e. The molecule has 1 saturated carbocycles. The van der Waals surface area contributed by atoms with E-state index in [1.165, 1.54) is 0 Å². The van der Waals surface area contributed by atoms with Gasteiger partial charge in [0.15, 0.2) is 0 Å². The van der Waals surface area contributed by atoms with E-state index in [0.717, 1.165) is 19.3 Å². The maximum atomic E-state index is 12.2. The fraction of sp³-hybridized carbons (Fsp3) is 0.500. The van der Waals surface area contributed by atoms with E-state index in [9.17, 15) is 8.42 Å². The Morgan fingerprint density at radius 3 is 2.80 bits per heavy atom. The number of sulfonamides is 1. The minimum absolute atomic E-state index is 0.0736. The predicted molar refractivity (Wildman–Crippen MR) is 84.9 cm³/mol. The molecule has 0 spiro atoms. The van der Waals surface area contributed by atoms with Crippen LogP contribution in [-0.2, 0) is 15.8 Å². The first kappa shape index (κ1) is 15.4. The first-order chi connectivity index (χ1) is 9.43. The van der Waals surface area contributed by atoms with E-state index in [1.807, 2.05) is 0 Å². The van der Waals surface area contributed by atoms with Crippen molar-refractivity contribution in [2.45, 2.75) is 38.0 Å². The average Bonchev–Trinajstić information content (AvgIpc) is 3.06. The molecule has 0 radical (unpaired) electrons. The summed E-state index contributed by atoms with van der Waals surface area (Å²) in [5.74, 6) is 0.427. The van der Waals surface area contributed by atoms with Gasteiger partial charge in [0.25, 0.3) is 0 Å². The second-order valence-corrected chi connectivity index (χ2v) is 7.48. The highest BCUT2D eigenvalue weighted by Gasteiger charge is 2.38. The van der Waals surface area contributed by atoms with Gasteiger partial charge in [0, 0.05) is 11.6 Å². The van der Waals surface area contributed by atoms with Gasteiger partial charge in [-0.25, -0.2) is 13.1 Å². The van der Waals surface area contributed by atoms with Crippen molar-refractivity contribution in [3.8, 4) is 0 Å². The third kappa shape index (κ3) is 4.01. The van der Waals surface area contributed by atoms with E-state index < -0.39 is 10.0 Å². The molecular weight excluding hydrogens is 292 g/mol. The molecule has 2 atom stereocenters. The van der Waals surface area contributed by atoms with Crippen LogP contribution >= 0.6 is 12.2 Å². The van der Waals surface area contributed by atoms with Crippen molar-refractivity contribution in [1.29, 1.82) is 0 Å². The van der Waals surface area contributed by atoms with Gasteiger partial charge in [-0.15, -0.1) is 0 Å². The van der Waals surface area contributed by atoms with Crippen molar-refractivity contribution >= 4 is 27.2 Å². The molecular formula is C14H20N2O2S2. The summed E-state index contributed by atoms with van der Waals surface area (Å²) < 4.78 is 27.1. The topological polar surface area (TPSA) is 72.2 Å². The first-order valence-electron chi connectivity index (χ1n) is 6.80. The largest absolute Gasteiger partial charge is 0.389 e. The summed E-state index contributed by atoms with van der Waals surface area (Å²) in [6.07, 6.45) is 3.12. The van der Waals surface area contributed by atoms with E-state index >= 15 is 0 Å². The fourth-order valence-electron chi connectivity index (χ4n) is 2.45. The molecule has 110 valence electrons. The third-order valence-electron chi connectivity index (χ3n) is 3.54. The van der Waals surface area contributed by atoms with Gasteiger partial charge in [-0.2, -0.15) is 0 Å². The summed E-state index contributed by atoms with van der Waals surface area (Å²) in [6.45, 7) is 2.11. The number of benzene rings is 1. The van der Waals surface area contributed by atoms with Crippen LogP contribution in [0.1, 0.15) is 37.3 Å². The molecule has 0 aromatic heterocycles. The highest BCUT2D eigenvalue weighted by atomic mass is 32.2. The normalized spacial score (nSPS) is 21.6. The van der Waals surface area contributed by atoms with Crippen molar-refractivity contribution in [3.05, 3.63) is 35.4 Å². The van der Waals surface area contributed by atoms with Crippen molar-refractivity contribution < 1.29 is 8.42 Å². The lowest BCUT2D eigenvalue weighted by molar-refractivity contribution is 0.572. The zero-order valence-electron chi connectivity index (χ0n) is 11.5. The summed E-state index contributed by atoms with van der Waals surface area (Å²) in [6, 6.07) is 7.21. The van der Waals surface area contributed by atoms with Gasteiger partial charge < -0.3 is 5.73 Å². The van der Waals surface area contributed by atoms with Crippen LogP contribution in [0.2, 0.25) is 0 Å². The molecule has 1 aromatic carbocycles. The SMILES string of the molecule is CCCC1CC1NS(=O)(=O)Cc1ccccc1C(N)=S. The van der Waals surface area contributed by atoms with Crippen LogP contribution in [-0.4, -0.2) is 19.4 Å². The first-order valence-corrected chi connectivity index (χ1v) is 8.86. The van der Waals surface area contributed by atoms with E-state index in [-0.39, 0.29) is 16.8 Å². The van der Waals surface area contributed by atoms with Gasteiger partial charge in [0.1, 0.15) is 4.99 Å². The second-order valence-electron chi connectivity index (χ2n) is 5.29. The molecule has 0 amide bonds. The van der Waals surface area contributed by atoms with Crippen LogP contribution in [0.3, 0.4) is 0 Å². The molecule has 0 saturated heterocycles. The van der Waals surface area contributed by atoms with Gasteiger partial charge >= 0.3 is 0 Å². The van der Waals surface area contributed by atoms with Gasteiger partial charge in [-0.1, -0.05) is 49.8 Å². The van der Waals surface area contributed by atoms with E-state index in [4.69, 9.17) is 18.0 Å². The molecule has 1 aliphatic rings. The minimum atomic E-state index is -3.34. The molecule has 1 aromatic rings. The standard InChI is InChI=1S/C14H20N2O2S2/c1-2-5-10-8-13(10)16-20(17,18)9-11-6-3-4-7-12(11)14(15)19/h3-4,6-7,10,13,16H,2,5,8-9H2,1H3,(H2,15,19). The highest BCUT2D eigenvalue weighted by molar-refractivity contribution is 7.88. The molecule has 4 nitrogen and oxygen atoms in total. The Morgan fingerprint density at radius 2 is 2.15 bits per heavy atom. The molecule has 1 fully saturated rings. The zero-order valence-corrected chi connectivity index (χ0v) is 13.1. The van der Waals surface area contributed by atoms with Crippen LogP contribution in [0.15, 0.2) is 24.3 Å². The number of thiocarbonyl (C=S) groups is 1. The summed E-state index contributed by atoms with van der Waals surface area (Å²) in [5, 5.41) is 0. The molecule has 2 unspecified atom stereocenters. The van der Waals surface area contributed by atoms with Crippen LogP contribution in [0, 0.1) is 5.92 Å². The van der Waals surface area contributed by atoms with Crippen molar-refractivity contribution in [2.75, 3.05) is 0 Å². The summed E-state index contributed by atoms with van der Waals surface area (Å²) in [4.78, 5) is 0.228. The number of hydrogen-bond acceptors (Lipinski definition) is 3. The minimum Gasteiger partial charge on any atom is -0.389 e. The predicted octanol–water partition coefficient (Wildman–Crippen LogP) is 1.93. The summed E-state index contributed by atoms with van der Waals surface area (Å²) >= 11 is 4.95. The quantitative estimate of drug-likeness (QED) is 0.755. The molecule has 6 heteroatoms. The van der Waals surface area contributed by atoms with Crippen LogP contribution in [0.5, 0.6) is 0 Å². The monoisotopic (exact) mass is 312 g/mol. The molecule has 0 bridgehead atoms. The Hall–Kier alpha value is -0.980. The number of nitrogens with one attached hydrogen (secondary N) is 1. The Labute approximate surface area is 125 Å². The van der Waals surface area contributed by atoms with Crippen molar-refractivity contribution in [1.82, 2.24) is 4.72 Å². The maximum absolute atomic E-state index is 12.2. The van der Waals surface area contributed by atoms with Crippen molar-refractivity contribution in [3.63, 3.8) is 0 Å². The Balaban J connectivity index is 2.04. The van der Waals surface area contributed by atoms with E-state index in [1.54, 1.807) is 24.3 Å².